The molecule has 1 aliphatic rings. The third-order valence-electron chi connectivity index (χ3n) is 2.28. The van der Waals surface area contributed by atoms with Crippen molar-refractivity contribution in [3.63, 3.8) is 0 Å². The van der Waals surface area contributed by atoms with Crippen molar-refractivity contribution < 1.29 is 4.74 Å². The van der Waals surface area contributed by atoms with Crippen molar-refractivity contribution in [3.05, 3.63) is 0 Å². The van der Waals surface area contributed by atoms with E-state index in [2.05, 4.69) is 45.2 Å². The third-order valence-corrected chi connectivity index (χ3v) is 6.83. The molecule has 0 aromatic heterocycles. The first-order chi connectivity index (χ1) is 5.19. The van der Waals surface area contributed by atoms with Crippen LogP contribution in [-0.4, -0.2) is 14.6 Å². The number of alkyl halides is 2. The summed E-state index contributed by atoms with van der Waals surface area (Å²) in [5, 5.41) is 0. The van der Waals surface area contributed by atoms with Crippen molar-refractivity contribution in [1.82, 2.24) is 0 Å². The maximum absolute atomic E-state index is 5.55. The number of hydrogen-bond acceptors (Lipinski definition) is 1. The van der Waals surface area contributed by atoms with Crippen LogP contribution in [0.3, 0.4) is 0 Å². The van der Waals surface area contributed by atoms with Gasteiger partial charge in [0, 0.05) is 11.0 Å². The molecule has 1 fully saturated rings. The number of hydrogen-bond donors (Lipinski definition) is 0. The lowest BCUT2D eigenvalue weighted by atomic mass is 10.1. The first-order valence-corrected chi connectivity index (χ1v) is 6.39. The van der Waals surface area contributed by atoms with E-state index < -0.39 is 0 Å². The van der Waals surface area contributed by atoms with Gasteiger partial charge in [0.15, 0.2) is 0 Å². The minimum atomic E-state index is 0.120. The number of ether oxygens (including phenoxy) is 1. The highest BCUT2D eigenvalue weighted by atomic mass is 127. The Kier molecular flexibility index (Phi) is 4.39. The quantitative estimate of drug-likeness (QED) is 0.384. The van der Waals surface area contributed by atoms with Gasteiger partial charge in [-0.25, -0.2) is 0 Å². The molecule has 0 radical (unpaired) electrons. The molecule has 2 atom stereocenters. The third kappa shape index (κ3) is 2.69. The first kappa shape index (κ1) is 10.5. The van der Waals surface area contributed by atoms with Crippen molar-refractivity contribution in [2.24, 2.45) is 0 Å². The van der Waals surface area contributed by atoms with Gasteiger partial charge in [-0.3, -0.25) is 0 Å². The molecule has 0 aromatic rings. The second-order valence-electron chi connectivity index (χ2n) is 3.06. The molecule has 2 unspecified atom stereocenters. The molecule has 0 spiro atoms. The monoisotopic (exact) mass is 380 g/mol. The van der Waals surface area contributed by atoms with Gasteiger partial charge in [0.1, 0.15) is 3.61 Å². The summed E-state index contributed by atoms with van der Waals surface area (Å²) < 4.78 is 6.36. The van der Waals surface area contributed by atoms with Crippen LogP contribution in [0.5, 0.6) is 0 Å². The van der Waals surface area contributed by atoms with E-state index in [1.165, 1.54) is 32.1 Å². The van der Waals surface area contributed by atoms with Gasteiger partial charge < -0.3 is 4.74 Å². The smallest absolute Gasteiger partial charge is 0.130 e. The Morgan fingerprint density at radius 1 is 1.36 bits per heavy atom. The summed E-state index contributed by atoms with van der Waals surface area (Å²) in [5.41, 5.74) is 0. The van der Waals surface area contributed by atoms with Gasteiger partial charge in [0.05, 0.1) is 0 Å². The Bertz CT molecular complexity index is 129. The number of methoxy groups -OCH3 is 1. The van der Waals surface area contributed by atoms with E-state index in [0.717, 1.165) is 0 Å². The predicted octanol–water partition coefficient (Wildman–Crippen LogP) is 3.53. The topological polar surface area (TPSA) is 9.23 Å². The van der Waals surface area contributed by atoms with Crippen LogP contribution in [-0.2, 0) is 4.74 Å². The van der Waals surface area contributed by atoms with Crippen LogP contribution in [0, 0.1) is 0 Å². The minimum absolute atomic E-state index is 0.120. The summed E-state index contributed by atoms with van der Waals surface area (Å²) in [4.78, 5) is 0. The van der Waals surface area contributed by atoms with E-state index in [9.17, 15) is 0 Å². The second-order valence-corrected chi connectivity index (χ2v) is 6.39. The van der Waals surface area contributed by atoms with Gasteiger partial charge in [-0.2, -0.15) is 0 Å². The van der Waals surface area contributed by atoms with Crippen LogP contribution in [0.4, 0.5) is 0 Å². The molecule has 0 aliphatic heterocycles. The fourth-order valence-corrected chi connectivity index (χ4v) is 3.17. The van der Waals surface area contributed by atoms with Crippen molar-refractivity contribution in [1.29, 1.82) is 0 Å². The summed E-state index contributed by atoms with van der Waals surface area (Å²) in [6.45, 7) is 0. The molecule has 1 saturated carbocycles. The average Bonchev–Trinajstić information content (AvgIpc) is 2.16. The van der Waals surface area contributed by atoms with E-state index >= 15 is 0 Å². The van der Waals surface area contributed by atoms with Crippen LogP contribution < -0.4 is 0 Å². The maximum atomic E-state index is 5.55. The van der Waals surface area contributed by atoms with Crippen LogP contribution >= 0.6 is 45.2 Å². The maximum Gasteiger partial charge on any atom is 0.130 e. The standard InChI is InChI=1S/C8H14I2O/c1-11-8(10)6-4-2-3-5-7(8)9/h7H,2-6H2,1H3. The van der Waals surface area contributed by atoms with Crippen LogP contribution in [0.2, 0.25) is 0 Å². The first-order valence-electron chi connectivity index (χ1n) is 4.07. The highest BCUT2D eigenvalue weighted by Crippen LogP contribution is 2.40. The van der Waals surface area contributed by atoms with E-state index in [4.69, 9.17) is 4.74 Å². The molecular formula is C8H14I2O. The van der Waals surface area contributed by atoms with Crippen molar-refractivity contribution >= 4 is 45.2 Å². The Hall–Kier alpha value is 1.42. The largest absolute Gasteiger partial charge is 0.367 e. The molecule has 0 amide bonds. The highest BCUT2D eigenvalue weighted by Gasteiger charge is 2.35. The second kappa shape index (κ2) is 4.60. The molecule has 0 bridgehead atoms. The Morgan fingerprint density at radius 3 is 2.73 bits per heavy atom. The summed E-state index contributed by atoms with van der Waals surface area (Å²) in [5.74, 6) is 0. The van der Waals surface area contributed by atoms with Gasteiger partial charge in [0.2, 0.25) is 0 Å². The Labute approximate surface area is 95.9 Å². The predicted molar refractivity (Wildman–Crippen MR) is 64.7 cm³/mol. The lowest BCUT2D eigenvalue weighted by Crippen LogP contribution is -2.32. The summed E-state index contributed by atoms with van der Waals surface area (Å²) in [6.07, 6.45) is 6.63. The molecule has 11 heavy (non-hydrogen) atoms. The molecule has 3 heteroatoms. The van der Waals surface area contributed by atoms with Crippen LogP contribution in [0.15, 0.2) is 0 Å². The van der Waals surface area contributed by atoms with E-state index in [1.54, 1.807) is 0 Å². The fourth-order valence-electron chi connectivity index (χ4n) is 1.47. The Balaban J connectivity index is 2.58. The molecule has 0 saturated heterocycles. The van der Waals surface area contributed by atoms with Crippen LogP contribution in [0.1, 0.15) is 32.1 Å². The molecule has 1 aliphatic carbocycles. The van der Waals surface area contributed by atoms with Gasteiger partial charge in [-0.05, 0) is 41.9 Å². The van der Waals surface area contributed by atoms with Crippen molar-refractivity contribution in [2.45, 2.75) is 39.6 Å². The number of halogens is 2. The van der Waals surface area contributed by atoms with Crippen LogP contribution in [0.25, 0.3) is 0 Å². The Morgan fingerprint density at radius 2 is 2.09 bits per heavy atom. The zero-order valence-electron chi connectivity index (χ0n) is 6.78. The SMILES string of the molecule is COC1(I)CCCCCC1I. The summed E-state index contributed by atoms with van der Waals surface area (Å²) in [7, 11) is 1.84. The molecule has 0 N–H and O–H groups in total. The van der Waals surface area contributed by atoms with Gasteiger partial charge >= 0.3 is 0 Å². The summed E-state index contributed by atoms with van der Waals surface area (Å²) in [6, 6.07) is 0. The lowest BCUT2D eigenvalue weighted by molar-refractivity contribution is 0.0827. The fraction of sp³-hybridized carbons (Fsp3) is 1.00. The zero-order chi connectivity index (χ0) is 8.32. The normalized spacial score (nSPS) is 40.1. The lowest BCUT2D eigenvalue weighted by Gasteiger charge is -2.29. The minimum Gasteiger partial charge on any atom is -0.367 e. The molecule has 1 nitrogen and oxygen atoms in total. The van der Waals surface area contributed by atoms with E-state index in [-0.39, 0.29) is 3.61 Å². The molecule has 0 heterocycles. The summed E-state index contributed by atoms with van der Waals surface area (Å²) >= 11 is 5.00. The van der Waals surface area contributed by atoms with E-state index in [0.29, 0.717) is 3.92 Å². The van der Waals surface area contributed by atoms with Crippen molar-refractivity contribution in [2.75, 3.05) is 7.11 Å². The van der Waals surface area contributed by atoms with Gasteiger partial charge in [-0.1, -0.05) is 35.4 Å². The number of rotatable bonds is 1. The zero-order valence-corrected chi connectivity index (χ0v) is 11.1. The van der Waals surface area contributed by atoms with Gasteiger partial charge in [-0.15, -0.1) is 0 Å². The highest BCUT2D eigenvalue weighted by molar-refractivity contribution is 14.1. The average molecular weight is 380 g/mol. The van der Waals surface area contributed by atoms with E-state index in [1.807, 2.05) is 7.11 Å². The molecular weight excluding hydrogens is 366 g/mol. The molecule has 0 aromatic carbocycles. The van der Waals surface area contributed by atoms with Gasteiger partial charge in [0.25, 0.3) is 0 Å². The molecule has 66 valence electrons. The van der Waals surface area contributed by atoms with Crippen molar-refractivity contribution in [3.8, 4) is 0 Å². The molecule has 1 rings (SSSR count).